The van der Waals surface area contributed by atoms with Crippen LogP contribution in [-0.2, 0) is 57.3 Å². The summed E-state index contributed by atoms with van der Waals surface area (Å²) in [5.74, 6) is -1.51. The molecule has 2 amide bonds. The molecule has 2 atom stereocenters. The van der Waals surface area contributed by atoms with Gasteiger partial charge in [-0.25, -0.2) is 34.8 Å². The van der Waals surface area contributed by atoms with Gasteiger partial charge < -0.3 is 18.7 Å². The zero-order chi connectivity index (χ0) is 50.5. The van der Waals surface area contributed by atoms with E-state index in [0.29, 0.717) is 46.0 Å². The number of aromatic nitrogens is 6. The molecule has 2 saturated heterocycles. The van der Waals surface area contributed by atoms with E-state index in [2.05, 4.69) is 34.9 Å². The monoisotopic (exact) mass is 1030 g/mol. The number of piperidine rings is 2. The molecule has 29 heteroatoms. The first kappa shape index (κ1) is 53.3. The van der Waals surface area contributed by atoms with Crippen LogP contribution in [-0.4, -0.2) is 104 Å². The maximum atomic E-state index is 15.5. The van der Waals surface area contributed by atoms with Crippen LogP contribution in [0.1, 0.15) is 56.6 Å². The molecule has 0 saturated carbocycles. The number of esters is 1. The number of rotatable bonds is 10. The lowest BCUT2D eigenvalue weighted by Gasteiger charge is -2.37. The fourth-order valence-corrected chi connectivity index (χ4v) is 10.8. The molecule has 68 heavy (non-hydrogen) atoms. The molecule has 7 rings (SSSR count). The second-order valence-corrected chi connectivity index (χ2v) is 20.6. The Kier molecular flexibility index (Phi) is 16.4. The lowest BCUT2D eigenvalue weighted by Crippen LogP contribution is -2.48. The number of aryl methyl sites for hydroxylation is 2. The number of benzene rings is 1. The molecule has 0 unspecified atom stereocenters. The Morgan fingerprint density at radius 2 is 1.18 bits per heavy atom. The zero-order valence-corrected chi connectivity index (χ0v) is 38.7. The van der Waals surface area contributed by atoms with Crippen LogP contribution in [0.15, 0.2) is 86.2 Å². The highest BCUT2D eigenvalue weighted by molar-refractivity contribution is 7.92. The summed E-state index contributed by atoms with van der Waals surface area (Å²) in [7, 11) is -7.40. The fourth-order valence-electron chi connectivity index (χ4n) is 7.09. The van der Waals surface area contributed by atoms with Crippen molar-refractivity contribution in [2.45, 2.75) is 78.4 Å². The first-order valence-corrected chi connectivity index (χ1v) is 23.5. The summed E-state index contributed by atoms with van der Waals surface area (Å²) < 4.78 is 175. The van der Waals surface area contributed by atoms with E-state index in [1.165, 1.54) is 27.9 Å². The summed E-state index contributed by atoms with van der Waals surface area (Å²) in [5, 5.41) is 8.72. The van der Waals surface area contributed by atoms with E-state index in [1.54, 1.807) is 30.3 Å². The van der Waals surface area contributed by atoms with E-state index in [4.69, 9.17) is 16.5 Å². The largest absolute Gasteiger partial charge is 0.435 e. The van der Waals surface area contributed by atoms with Gasteiger partial charge in [-0.05, 0) is 63.4 Å². The standard InChI is InChI=1S/C16H19F4N5O4S.C12H16ClF4N3O2S.C11H9NO3/c1-15(17,30(27,28)13-9-11(16(18,19)20)22-24(13)2)10-3-6-25(7-4-10)14(26)21-12-5-8-29-23-12;1-11(14,8-3-5-20(13)6-4-8)23(21,22)10-7-9(12(15,16)17)18-19(10)2;13-11(8-9-6-7-14-12-9)15-10-4-2-1-3-5-10/h5,8-10H,3-4,6-7H2,1-2H3,(H,21,23,26);7-8H,3-6H2,1-2H3;1-7H,8H2/t15-;11-;/m11./s1. The van der Waals surface area contributed by atoms with Crippen molar-refractivity contribution in [3.8, 4) is 5.75 Å². The number of urea groups is 1. The predicted molar refractivity (Wildman–Crippen MR) is 222 cm³/mol. The molecule has 0 radical (unpaired) electrons. The second-order valence-electron chi connectivity index (χ2n) is 15.7. The third-order valence-electron chi connectivity index (χ3n) is 11.0. The summed E-state index contributed by atoms with van der Waals surface area (Å²) in [6.45, 7) is 2.45. The van der Waals surface area contributed by atoms with Crippen LogP contribution in [0.4, 0.5) is 45.7 Å². The maximum Gasteiger partial charge on any atom is 0.435 e. The Morgan fingerprint density at radius 3 is 1.59 bits per heavy atom. The summed E-state index contributed by atoms with van der Waals surface area (Å²) in [6, 6.07) is 12.2. The summed E-state index contributed by atoms with van der Waals surface area (Å²) in [5.41, 5.74) is -2.22. The van der Waals surface area contributed by atoms with Gasteiger partial charge in [0.05, 0.1) is 12.1 Å². The molecule has 1 aromatic carbocycles. The SMILES string of the molecule is Cn1nc(C(F)(F)F)cc1S(=O)(=O)[C@@](C)(F)C1CCN(C(=O)Nc2ccon2)CC1.Cn1nc(C(F)(F)F)cc1S(=O)(=O)[C@@](C)(F)C1CCN(Cl)CC1.O=C(Cc1ccon1)Oc1ccccc1. The zero-order valence-electron chi connectivity index (χ0n) is 36.3. The number of ether oxygens (including phenoxy) is 1. The van der Waals surface area contributed by atoms with Gasteiger partial charge in [-0.2, -0.15) is 36.5 Å². The average Bonchev–Trinajstić information content (AvgIpc) is 4.11. The molecular formula is C39H44ClF8N9O9S2. The van der Waals surface area contributed by atoms with Crippen LogP contribution in [0.3, 0.4) is 0 Å². The van der Waals surface area contributed by atoms with Crippen molar-refractivity contribution >= 4 is 49.3 Å². The average molecular weight is 1030 g/mol. The molecule has 18 nitrogen and oxygen atoms in total. The van der Waals surface area contributed by atoms with Crippen molar-refractivity contribution in [3.63, 3.8) is 0 Å². The third-order valence-corrected chi connectivity index (χ3v) is 16.0. The van der Waals surface area contributed by atoms with E-state index in [9.17, 15) is 52.8 Å². The molecule has 0 aliphatic carbocycles. The summed E-state index contributed by atoms with van der Waals surface area (Å²) >= 11 is 5.76. The number of carbonyl (C=O) groups excluding carboxylic acids is 2. The van der Waals surface area contributed by atoms with Gasteiger partial charge in [0, 0.05) is 76.4 Å². The topological polar surface area (TPSA) is 218 Å². The molecule has 5 aromatic rings. The normalized spacial score (nSPS) is 17.5. The number of sulfone groups is 2. The molecule has 0 bridgehead atoms. The number of alkyl halides is 8. The van der Waals surface area contributed by atoms with Crippen LogP contribution in [0.25, 0.3) is 0 Å². The van der Waals surface area contributed by atoms with E-state index in [-0.39, 0.29) is 57.0 Å². The molecule has 2 aliphatic rings. The summed E-state index contributed by atoms with van der Waals surface area (Å²) in [4.78, 5) is 24.9. The number of hydrogen-bond acceptors (Lipinski definition) is 14. The Labute approximate surface area is 388 Å². The molecule has 4 aromatic heterocycles. The lowest BCUT2D eigenvalue weighted by atomic mass is 9.92. The molecule has 0 spiro atoms. The minimum Gasteiger partial charge on any atom is -0.426 e. The predicted octanol–water partition coefficient (Wildman–Crippen LogP) is 7.42. The highest BCUT2D eigenvalue weighted by Crippen LogP contribution is 2.42. The number of para-hydroxylation sites is 1. The number of carbonyl (C=O) groups is 2. The van der Waals surface area contributed by atoms with Gasteiger partial charge >= 0.3 is 24.4 Å². The van der Waals surface area contributed by atoms with Gasteiger partial charge in [-0.3, -0.25) is 19.5 Å². The molecular weight excluding hydrogens is 990 g/mol. The Balaban J connectivity index is 0.000000201. The second kappa shape index (κ2) is 20.9. The van der Waals surface area contributed by atoms with Gasteiger partial charge in [-0.1, -0.05) is 28.5 Å². The van der Waals surface area contributed by atoms with Crippen molar-refractivity contribution in [2.24, 2.45) is 25.9 Å². The van der Waals surface area contributed by atoms with Crippen molar-refractivity contribution in [2.75, 3.05) is 31.5 Å². The first-order chi connectivity index (χ1) is 31.5. The maximum absolute atomic E-state index is 15.5. The summed E-state index contributed by atoms with van der Waals surface area (Å²) in [6.07, 6.45) is -6.46. The van der Waals surface area contributed by atoms with Gasteiger partial charge in [0.1, 0.15) is 18.3 Å². The van der Waals surface area contributed by atoms with Crippen molar-refractivity contribution in [1.82, 2.24) is 39.2 Å². The number of amides is 2. The van der Waals surface area contributed by atoms with Crippen LogP contribution in [0.2, 0.25) is 0 Å². The van der Waals surface area contributed by atoms with Gasteiger partial charge in [0.15, 0.2) is 27.3 Å². The smallest absolute Gasteiger partial charge is 0.426 e. The molecule has 374 valence electrons. The first-order valence-electron chi connectivity index (χ1n) is 20.2. The number of hydrogen-bond donors (Lipinski definition) is 1. The van der Waals surface area contributed by atoms with Crippen molar-refractivity contribution in [1.29, 1.82) is 0 Å². The minimum absolute atomic E-state index is 0.00243. The van der Waals surface area contributed by atoms with E-state index >= 15 is 8.78 Å². The van der Waals surface area contributed by atoms with Crippen molar-refractivity contribution in [3.05, 3.63) is 84.2 Å². The van der Waals surface area contributed by atoms with Gasteiger partial charge in [0.2, 0.25) is 29.7 Å². The van der Waals surface area contributed by atoms with Crippen LogP contribution in [0.5, 0.6) is 5.75 Å². The number of nitrogens with one attached hydrogen (secondary N) is 1. The van der Waals surface area contributed by atoms with E-state index in [0.717, 1.165) is 27.9 Å². The molecule has 2 fully saturated rings. The third kappa shape index (κ3) is 12.5. The quantitative estimate of drug-likeness (QED) is 0.0624. The van der Waals surface area contributed by atoms with Crippen LogP contribution in [0, 0.1) is 11.8 Å². The van der Waals surface area contributed by atoms with E-state index < -0.39 is 81.3 Å². The Hall–Kier alpha value is -5.61. The highest BCUT2D eigenvalue weighted by atomic mass is 35.5. The highest BCUT2D eigenvalue weighted by Gasteiger charge is 2.52. The number of likely N-dealkylation sites (tertiary alicyclic amines) is 1. The molecule has 2 aliphatic heterocycles. The van der Waals surface area contributed by atoms with Crippen LogP contribution < -0.4 is 10.1 Å². The fraction of sp³-hybridized carbons (Fsp3) is 0.487. The Morgan fingerprint density at radius 1 is 0.721 bits per heavy atom. The Bertz CT molecular complexity index is 2680. The molecule has 6 heterocycles. The number of halogens is 9. The minimum atomic E-state index is -4.86. The van der Waals surface area contributed by atoms with Gasteiger partial charge in [0.25, 0.3) is 0 Å². The van der Waals surface area contributed by atoms with Crippen LogP contribution >= 0.6 is 11.8 Å². The van der Waals surface area contributed by atoms with Gasteiger partial charge in [-0.15, -0.1) is 0 Å². The number of nitrogens with zero attached hydrogens (tertiary/aromatic N) is 8. The van der Waals surface area contributed by atoms with Crippen molar-refractivity contribution < 1.29 is 75.3 Å². The molecule has 1 N–H and O–H groups in total. The van der Waals surface area contributed by atoms with E-state index in [1.807, 2.05) is 6.07 Å². The number of anilines is 1. The lowest BCUT2D eigenvalue weighted by molar-refractivity contribution is -0.142.